The van der Waals surface area contributed by atoms with E-state index >= 15 is 0 Å². The van der Waals surface area contributed by atoms with Crippen molar-refractivity contribution in [3.05, 3.63) is 194 Å². The monoisotopic (exact) mass is 724 g/mol. The lowest BCUT2D eigenvalue weighted by Gasteiger charge is -2.20. The van der Waals surface area contributed by atoms with Crippen molar-refractivity contribution in [2.75, 3.05) is 0 Å². The van der Waals surface area contributed by atoms with Gasteiger partial charge in [0.15, 0.2) is 0 Å². The van der Waals surface area contributed by atoms with Crippen LogP contribution >= 0.6 is 0 Å². The Balaban J connectivity index is 1.11. The van der Waals surface area contributed by atoms with Crippen molar-refractivity contribution in [1.82, 2.24) is 9.55 Å². The molecule has 1 heterocycles. The lowest BCUT2D eigenvalue weighted by atomic mass is 9.86. The molecular weight excluding hydrogens is 689 g/mol. The average molecular weight is 725 g/mol. The maximum absolute atomic E-state index is 5.09. The molecule has 0 radical (unpaired) electrons. The molecule has 1 aromatic heterocycles. The molecule has 0 aliphatic heterocycles. The molecule has 0 aliphatic carbocycles. The van der Waals surface area contributed by atoms with Gasteiger partial charge in [-0.3, -0.25) is 4.57 Å². The van der Waals surface area contributed by atoms with Crippen LogP contribution in [0.1, 0.15) is 12.7 Å². The van der Waals surface area contributed by atoms with Crippen molar-refractivity contribution in [1.29, 1.82) is 0 Å². The van der Waals surface area contributed by atoms with Crippen molar-refractivity contribution in [3.63, 3.8) is 0 Å². The highest BCUT2D eigenvalue weighted by atomic mass is 15.1. The molecule has 11 aromatic carbocycles. The second-order valence-corrected chi connectivity index (χ2v) is 15.2. The van der Waals surface area contributed by atoms with E-state index in [1.165, 1.54) is 103 Å². The van der Waals surface area contributed by atoms with Crippen molar-refractivity contribution in [3.8, 4) is 27.9 Å². The molecule has 0 saturated heterocycles. The molecule has 0 bridgehead atoms. The Labute approximate surface area is 329 Å². The number of benzene rings is 10. The van der Waals surface area contributed by atoms with Crippen molar-refractivity contribution >= 4 is 86.4 Å². The number of aromatic nitrogens is 2. The summed E-state index contributed by atoms with van der Waals surface area (Å²) in [6.45, 7) is 2.20. The Bertz CT molecular complexity index is 3550. The van der Waals surface area contributed by atoms with Crippen LogP contribution < -0.4 is 0 Å². The number of aryl methyl sites for hydroxylation is 1. The lowest BCUT2D eigenvalue weighted by molar-refractivity contribution is 0.917. The summed E-state index contributed by atoms with van der Waals surface area (Å²) in [7, 11) is 0. The SMILES string of the molecule is CCc1nc2ccccc2n1-c1c2ccccc2c(-c2ccc(-c3cc4cccc5c6ccccc6c6ccccc6c6cccc3c6c45)cc2)c2ccccc12. The van der Waals surface area contributed by atoms with E-state index in [1.807, 2.05) is 0 Å². The van der Waals surface area contributed by atoms with E-state index in [0.717, 1.165) is 23.3 Å². The Morgan fingerprint density at radius 3 is 1.51 bits per heavy atom. The highest BCUT2D eigenvalue weighted by Crippen LogP contribution is 2.46. The average Bonchev–Trinajstić information content (AvgIpc) is 3.65. The molecule has 0 spiro atoms. The zero-order valence-corrected chi connectivity index (χ0v) is 31.5. The quantitative estimate of drug-likeness (QED) is 0.131. The van der Waals surface area contributed by atoms with E-state index in [1.54, 1.807) is 0 Å². The molecule has 0 atom stereocenters. The standard InChI is InChI=1S/C55H36N2/c1-2-51-56-49-27-11-12-28-50(49)57(51)55-46-22-9-7-20-43(46)52(44-21-8-10-23-47(44)55)35-31-29-34(30-32-35)48-33-36-15-13-24-41-39-18-5-3-16-37(39)38-17-4-6-19-40(38)42-25-14-26-45(48)54(42)53(36)41/h3-33H,2H2,1H3. The number of hydrogen-bond acceptors (Lipinski definition) is 1. The number of fused-ring (bicyclic) bond motifs is 8. The normalized spacial score (nSPS) is 12.0. The Morgan fingerprint density at radius 2 is 0.877 bits per heavy atom. The minimum Gasteiger partial charge on any atom is -0.295 e. The van der Waals surface area contributed by atoms with Gasteiger partial charge < -0.3 is 0 Å². The zero-order valence-electron chi connectivity index (χ0n) is 31.5. The third-order valence-electron chi connectivity index (χ3n) is 12.3. The molecule has 0 N–H and O–H groups in total. The van der Waals surface area contributed by atoms with E-state index in [2.05, 4.69) is 200 Å². The van der Waals surface area contributed by atoms with E-state index in [0.29, 0.717) is 0 Å². The Morgan fingerprint density at radius 1 is 0.404 bits per heavy atom. The van der Waals surface area contributed by atoms with Gasteiger partial charge in [-0.2, -0.15) is 0 Å². The molecule has 0 saturated carbocycles. The van der Waals surface area contributed by atoms with Crippen molar-refractivity contribution in [2.24, 2.45) is 0 Å². The summed E-state index contributed by atoms with van der Waals surface area (Å²) >= 11 is 0. The second-order valence-electron chi connectivity index (χ2n) is 15.2. The van der Waals surface area contributed by atoms with Gasteiger partial charge in [0.25, 0.3) is 0 Å². The van der Waals surface area contributed by atoms with Gasteiger partial charge in [0.2, 0.25) is 0 Å². The summed E-state index contributed by atoms with van der Waals surface area (Å²) in [6.07, 6.45) is 0.840. The topological polar surface area (TPSA) is 17.8 Å². The Kier molecular flexibility index (Phi) is 6.94. The highest BCUT2D eigenvalue weighted by molar-refractivity contribution is 6.34. The molecule has 57 heavy (non-hydrogen) atoms. The summed E-state index contributed by atoms with van der Waals surface area (Å²) in [5.41, 5.74) is 8.28. The highest BCUT2D eigenvalue weighted by Gasteiger charge is 2.21. The molecule has 2 nitrogen and oxygen atoms in total. The molecule has 12 aromatic rings. The van der Waals surface area contributed by atoms with Gasteiger partial charge in [0.1, 0.15) is 5.82 Å². The van der Waals surface area contributed by atoms with Crippen LogP contribution in [0.25, 0.3) is 114 Å². The molecule has 12 rings (SSSR count). The minimum atomic E-state index is 0.840. The predicted molar refractivity (Wildman–Crippen MR) is 244 cm³/mol. The molecule has 0 unspecified atom stereocenters. The summed E-state index contributed by atoms with van der Waals surface area (Å²) < 4.78 is 2.40. The predicted octanol–water partition coefficient (Wildman–Crippen LogP) is 15.0. The van der Waals surface area contributed by atoms with Gasteiger partial charge in [-0.25, -0.2) is 4.98 Å². The van der Waals surface area contributed by atoms with E-state index in [4.69, 9.17) is 4.98 Å². The number of hydrogen-bond donors (Lipinski definition) is 0. The summed E-state index contributed by atoms with van der Waals surface area (Å²) in [4.78, 5) is 5.09. The minimum absolute atomic E-state index is 0.840. The lowest BCUT2D eigenvalue weighted by Crippen LogP contribution is -2.03. The van der Waals surface area contributed by atoms with Crippen molar-refractivity contribution in [2.45, 2.75) is 13.3 Å². The number of imidazole rings is 1. The van der Waals surface area contributed by atoms with Crippen LogP contribution in [-0.2, 0) is 6.42 Å². The molecule has 0 amide bonds. The first-order chi connectivity index (χ1) is 28.3. The Hall–Kier alpha value is -7.29. The van der Waals surface area contributed by atoms with Gasteiger partial charge >= 0.3 is 0 Å². The smallest absolute Gasteiger partial charge is 0.114 e. The molecule has 2 heteroatoms. The van der Waals surface area contributed by atoms with Gasteiger partial charge in [-0.15, -0.1) is 0 Å². The maximum atomic E-state index is 5.09. The van der Waals surface area contributed by atoms with Crippen LogP contribution in [0.5, 0.6) is 0 Å². The van der Waals surface area contributed by atoms with Crippen LogP contribution in [0.15, 0.2) is 188 Å². The van der Waals surface area contributed by atoms with Gasteiger partial charge in [-0.1, -0.05) is 177 Å². The first-order valence-corrected chi connectivity index (χ1v) is 20.0. The fourth-order valence-corrected chi connectivity index (χ4v) is 9.88. The zero-order chi connectivity index (χ0) is 37.6. The largest absolute Gasteiger partial charge is 0.295 e. The van der Waals surface area contributed by atoms with Crippen LogP contribution in [0.3, 0.4) is 0 Å². The first-order valence-electron chi connectivity index (χ1n) is 20.0. The number of nitrogens with zero attached hydrogens (tertiary/aromatic N) is 2. The van der Waals surface area contributed by atoms with Crippen LogP contribution in [-0.4, -0.2) is 9.55 Å². The summed E-state index contributed by atoms with van der Waals surface area (Å²) in [5.74, 6) is 1.07. The van der Waals surface area contributed by atoms with Crippen LogP contribution in [0.2, 0.25) is 0 Å². The molecule has 0 aliphatic rings. The molecule has 0 fully saturated rings. The second kappa shape index (κ2) is 12.4. The maximum Gasteiger partial charge on any atom is 0.114 e. The fourth-order valence-electron chi connectivity index (χ4n) is 9.88. The van der Waals surface area contributed by atoms with Gasteiger partial charge in [0.05, 0.1) is 16.7 Å². The molecular formula is C55H36N2. The molecule has 266 valence electrons. The fraction of sp³-hybridized carbons (Fsp3) is 0.0364. The number of para-hydroxylation sites is 2. The van der Waals surface area contributed by atoms with E-state index < -0.39 is 0 Å². The van der Waals surface area contributed by atoms with Crippen LogP contribution in [0, 0.1) is 0 Å². The van der Waals surface area contributed by atoms with Gasteiger partial charge in [0, 0.05) is 17.2 Å². The van der Waals surface area contributed by atoms with Crippen molar-refractivity contribution < 1.29 is 0 Å². The third kappa shape index (κ3) is 4.62. The van der Waals surface area contributed by atoms with Crippen LogP contribution in [0.4, 0.5) is 0 Å². The summed E-state index contributed by atoms with van der Waals surface area (Å²) in [6, 6.07) is 69.5. The van der Waals surface area contributed by atoms with E-state index in [-0.39, 0.29) is 0 Å². The summed E-state index contributed by atoms with van der Waals surface area (Å²) in [5, 5.41) is 17.8. The third-order valence-corrected chi connectivity index (χ3v) is 12.3. The van der Waals surface area contributed by atoms with Gasteiger partial charge in [-0.05, 0) is 105 Å². The number of rotatable bonds is 4. The van der Waals surface area contributed by atoms with E-state index in [9.17, 15) is 0 Å². The first kappa shape index (κ1) is 32.0.